The molecule has 0 aromatic heterocycles. The third-order valence-electron chi connectivity index (χ3n) is 1.98. The lowest BCUT2D eigenvalue weighted by molar-refractivity contribution is -0.148. The van der Waals surface area contributed by atoms with Gasteiger partial charge in [-0.15, -0.1) is 0 Å². The van der Waals surface area contributed by atoms with E-state index in [-0.39, 0.29) is 6.54 Å². The highest BCUT2D eigenvalue weighted by Gasteiger charge is 2.28. The first-order valence-electron chi connectivity index (χ1n) is 4.36. The number of hydrogen-bond acceptors (Lipinski definition) is 4. The maximum Gasteiger partial charge on any atom is 0.322 e. The summed E-state index contributed by atoms with van der Waals surface area (Å²) in [6, 6.07) is -0.487. The van der Waals surface area contributed by atoms with Gasteiger partial charge in [-0.2, -0.15) is 0 Å². The second-order valence-electron chi connectivity index (χ2n) is 3.81. The summed E-state index contributed by atoms with van der Waals surface area (Å²) in [6.45, 7) is 5.03. The Morgan fingerprint density at radius 1 is 1.50 bits per heavy atom. The fourth-order valence-corrected chi connectivity index (χ4v) is 0.744. The second-order valence-corrected chi connectivity index (χ2v) is 3.81. The van der Waals surface area contributed by atoms with Gasteiger partial charge in [-0.3, -0.25) is 9.59 Å². The molecule has 14 heavy (non-hydrogen) atoms. The van der Waals surface area contributed by atoms with Gasteiger partial charge in [-0.25, -0.2) is 0 Å². The van der Waals surface area contributed by atoms with Gasteiger partial charge in [-0.05, 0) is 20.8 Å². The van der Waals surface area contributed by atoms with Gasteiger partial charge in [0.1, 0.15) is 6.04 Å². The molecule has 0 aromatic rings. The van der Waals surface area contributed by atoms with E-state index < -0.39 is 23.4 Å². The van der Waals surface area contributed by atoms with Crippen LogP contribution in [0, 0.1) is 5.41 Å². The summed E-state index contributed by atoms with van der Waals surface area (Å²) in [5.41, 5.74) is -0.887. The van der Waals surface area contributed by atoms with Crippen molar-refractivity contribution in [2.24, 2.45) is 5.41 Å². The number of aliphatic carboxylic acids is 1. The number of carboxylic acid groups (broad SMARTS) is 1. The van der Waals surface area contributed by atoms with Crippen molar-refractivity contribution in [3.63, 3.8) is 0 Å². The Balaban J connectivity index is 4.06. The van der Waals surface area contributed by atoms with Gasteiger partial charge >= 0.3 is 11.9 Å². The zero-order valence-corrected chi connectivity index (χ0v) is 8.96. The number of carboxylic acids is 1. The Morgan fingerprint density at radius 3 is 2.36 bits per heavy atom. The Kier molecular flexibility index (Phi) is 4.56. The third kappa shape index (κ3) is 3.74. The predicted molar refractivity (Wildman–Crippen MR) is 50.9 cm³/mol. The van der Waals surface area contributed by atoms with Crippen LogP contribution in [0.5, 0.6) is 0 Å². The van der Waals surface area contributed by atoms with Crippen molar-refractivity contribution in [3.05, 3.63) is 0 Å². The number of rotatable bonds is 5. The fourth-order valence-electron chi connectivity index (χ4n) is 0.744. The lowest BCUT2D eigenvalue weighted by Gasteiger charge is -2.21. The molecule has 5 nitrogen and oxygen atoms in total. The van der Waals surface area contributed by atoms with Gasteiger partial charge in [-0.1, -0.05) is 0 Å². The number of esters is 1. The van der Waals surface area contributed by atoms with E-state index in [1.165, 1.54) is 7.11 Å². The summed E-state index contributed by atoms with van der Waals surface area (Å²) in [7, 11) is 1.29. The normalized spacial score (nSPS) is 13.4. The van der Waals surface area contributed by atoms with E-state index in [2.05, 4.69) is 10.1 Å². The minimum absolute atomic E-state index is 0.221. The average Bonchev–Trinajstić information content (AvgIpc) is 2.12. The maximum absolute atomic E-state index is 11.0. The zero-order valence-electron chi connectivity index (χ0n) is 8.96. The second kappa shape index (κ2) is 4.95. The SMILES string of the molecule is COC(=O)C(C)NCC(C)(C)C(=O)O. The number of hydrogen-bond donors (Lipinski definition) is 2. The molecule has 0 rings (SSSR count). The smallest absolute Gasteiger partial charge is 0.322 e. The van der Waals surface area contributed by atoms with Gasteiger partial charge in [0.2, 0.25) is 0 Å². The molecule has 82 valence electrons. The van der Waals surface area contributed by atoms with Crippen LogP contribution in [-0.2, 0) is 14.3 Å². The molecule has 0 aliphatic heterocycles. The average molecular weight is 203 g/mol. The molecule has 0 radical (unpaired) electrons. The summed E-state index contributed by atoms with van der Waals surface area (Å²) in [6.07, 6.45) is 0. The number of ether oxygens (including phenoxy) is 1. The molecule has 0 fully saturated rings. The predicted octanol–water partition coefficient (Wildman–Crippen LogP) is 0.248. The number of methoxy groups -OCH3 is 1. The summed E-state index contributed by atoms with van der Waals surface area (Å²) in [4.78, 5) is 21.7. The summed E-state index contributed by atoms with van der Waals surface area (Å²) in [5.74, 6) is -1.30. The minimum Gasteiger partial charge on any atom is -0.481 e. The molecule has 1 unspecified atom stereocenters. The van der Waals surface area contributed by atoms with Crippen molar-refractivity contribution in [1.29, 1.82) is 0 Å². The molecule has 0 bridgehead atoms. The van der Waals surface area contributed by atoms with E-state index >= 15 is 0 Å². The van der Waals surface area contributed by atoms with E-state index in [4.69, 9.17) is 5.11 Å². The van der Waals surface area contributed by atoms with Crippen LogP contribution in [0.3, 0.4) is 0 Å². The lowest BCUT2D eigenvalue weighted by atomic mass is 9.93. The van der Waals surface area contributed by atoms with Crippen molar-refractivity contribution in [2.75, 3.05) is 13.7 Å². The molecule has 0 amide bonds. The van der Waals surface area contributed by atoms with Crippen LogP contribution in [-0.4, -0.2) is 36.7 Å². The Hall–Kier alpha value is -1.10. The monoisotopic (exact) mass is 203 g/mol. The van der Waals surface area contributed by atoms with Crippen LogP contribution in [0.1, 0.15) is 20.8 Å². The molecule has 0 aliphatic rings. The Bertz CT molecular complexity index is 225. The molecule has 0 saturated carbocycles. The van der Waals surface area contributed by atoms with Crippen LogP contribution >= 0.6 is 0 Å². The number of carbonyl (C=O) groups is 2. The Morgan fingerprint density at radius 2 is 2.00 bits per heavy atom. The lowest BCUT2D eigenvalue weighted by Crippen LogP contribution is -2.43. The highest BCUT2D eigenvalue weighted by Crippen LogP contribution is 2.13. The molecule has 0 heterocycles. The molecule has 0 aliphatic carbocycles. The van der Waals surface area contributed by atoms with Gasteiger partial charge in [0.15, 0.2) is 0 Å². The van der Waals surface area contributed by atoms with Crippen LogP contribution in [0.15, 0.2) is 0 Å². The first-order chi connectivity index (χ1) is 6.31. The molecular weight excluding hydrogens is 186 g/mol. The van der Waals surface area contributed by atoms with E-state index in [9.17, 15) is 9.59 Å². The molecule has 0 saturated heterocycles. The van der Waals surface area contributed by atoms with Crippen LogP contribution in [0.4, 0.5) is 0 Å². The van der Waals surface area contributed by atoms with E-state index in [1.54, 1.807) is 20.8 Å². The fraction of sp³-hybridized carbons (Fsp3) is 0.778. The minimum atomic E-state index is -0.901. The third-order valence-corrected chi connectivity index (χ3v) is 1.98. The molecule has 5 heteroatoms. The molecule has 0 aromatic carbocycles. The molecule has 2 N–H and O–H groups in total. The van der Waals surface area contributed by atoms with Crippen LogP contribution < -0.4 is 5.32 Å². The first-order valence-corrected chi connectivity index (χ1v) is 4.36. The van der Waals surface area contributed by atoms with Crippen LogP contribution in [0.25, 0.3) is 0 Å². The summed E-state index contributed by atoms with van der Waals surface area (Å²) >= 11 is 0. The van der Waals surface area contributed by atoms with E-state index in [0.29, 0.717) is 0 Å². The van der Waals surface area contributed by atoms with Crippen molar-refractivity contribution in [3.8, 4) is 0 Å². The van der Waals surface area contributed by atoms with E-state index in [0.717, 1.165) is 0 Å². The largest absolute Gasteiger partial charge is 0.481 e. The molecule has 1 atom stereocenters. The quantitative estimate of drug-likeness (QED) is 0.626. The van der Waals surface area contributed by atoms with Gasteiger partial charge in [0.25, 0.3) is 0 Å². The number of carbonyl (C=O) groups excluding carboxylic acids is 1. The van der Waals surface area contributed by atoms with Crippen molar-refractivity contribution < 1.29 is 19.4 Å². The van der Waals surface area contributed by atoms with Gasteiger partial charge in [0.05, 0.1) is 12.5 Å². The van der Waals surface area contributed by atoms with E-state index in [1.807, 2.05) is 0 Å². The van der Waals surface area contributed by atoms with Gasteiger partial charge in [0, 0.05) is 6.54 Å². The topological polar surface area (TPSA) is 75.6 Å². The first kappa shape index (κ1) is 12.9. The molecular formula is C9H17NO4. The highest BCUT2D eigenvalue weighted by atomic mass is 16.5. The van der Waals surface area contributed by atoms with Crippen molar-refractivity contribution >= 4 is 11.9 Å². The van der Waals surface area contributed by atoms with Crippen molar-refractivity contribution in [2.45, 2.75) is 26.8 Å². The summed E-state index contributed by atoms with van der Waals surface area (Å²) in [5, 5.41) is 11.6. The van der Waals surface area contributed by atoms with Gasteiger partial charge < -0.3 is 15.2 Å². The number of nitrogens with one attached hydrogen (secondary N) is 1. The van der Waals surface area contributed by atoms with Crippen molar-refractivity contribution in [1.82, 2.24) is 5.32 Å². The molecule has 0 spiro atoms. The van der Waals surface area contributed by atoms with Crippen LogP contribution in [0.2, 0.25) is 0 Å². The highest BCUT2D eigenvalue weighted by molar-refractivity contribution is 5.76. The maximum atomic E-state index is 11.0. The zero-order chi connectivity index (χ0) is 11.4. The Labute approximate surface area is 83.4 Å². The summed E-state index contributed by atoms with van der Waals surface area (Å²) < 4.78 is 4.49. The standard InChI is InChI=1S/C9H17NO4/c1-6(7(11)14-4)10-5-9(2,3)8(12)13/h6,10H,5H2,1-4H3,(H,12,13).